The lowest BCUT2D eigenvalue weighted by Crippen LogP contribution is -2.30. The molecule has 0 rings (SSSR count). The lowest BCUT2D eigenvalue weighted by molar-refractivity contribution is -0.167. The molecule has 0 amide bonds. The fraction of sp³-hybridized carbons (Fsp3) is 0.794. The van der Waals surface area contributed by atoms with E-state index >= 15 is 0 Å². The highest BCUT2D eigenvalue weighted by Gasteiger charge is 2.19. The molecule has 0 aliphatic carbocycles. The molecule has 0 bridgehead atoms. The van der Waals surface area contributed by atoms with E-state index in [0.29, 0.717) is 19.3 Å². The zero-order chi connectivity index (χ0) is 50.0. The van der Waals surface area contributed by atoms with E-state index in [1.54, 1.807) is 0 Å². The number of esters is 3. The molecule has 0 spiro atoms. The summed E-state index contributed by atoms with van der Waals surface area (Å²) in [5.41, 5.74) is 0. The molecule has 0 aromatic heterocycles. The molecule has 0 heterocycles. The second-order valence-electron chi connectivity index (χ2n) is 19.9. The summed E-state index contributed by atoms with van der Waals surface area (Å²) in [4.78, 5) is 38.2. The van der Waals surface area contributed by atoms with Crippen molar-refractivity contribution in [2.24, 2.45) is 0 Å². The highest BCUT2D eigenvalue weighted by Crippen LogP contribution is 2.17. The molecule has 400 valence electrons. The van der Waals surface area contributed by atoms with Crippen LogP contribution in [0.1, 0.15) is 303 Å². The van der Waals surface area contributed by atoms with Crippen LogP contribution in [-0.4, -0.2) is 37.2 Å². The Morgan fingerprint density at radius 2 is 0.565 bits per heavy atom. The molecule has 0 saturated heterocycles. The van der Waals surface area contributed by atoms with Crippen molar-refractivity contribution >= 4 is 17.9 Å². The number of rotatable bonds is 54. The van der Waals surface area contributed by atoms with Gasteiger partial charge in [-0.3, -0.25) is 14.4 Å². The van der Waals surface area contributed by atoms with Crippen molar-refractivity contribution in [3.8, 4) is 0 Å². The van der Waals surface area contributed by atoms with E-state index in [1.165, 1.54) is 167 Å². The largest absolute Gasteiger partial charge is 0.462 e. The molecule has 0 aliphatic heterocycles. The zero-order valence-electron chi connectivity index (χ0n) is 45.8. The minimum atomic E-state index is -0.785. The number of allylic oxidation sites excluding steroid dienone is 10. The van der Waals surface area contributed by atoms with Crippen LogP contribution in [0, 0.1) is 0 Å². The predicted molar refractivity (Wildman–Crippen MR) is 298 cm³/mol. The summed E-state index contributed by atoms with van der Waals surface area (Å²) < 4.78 is 16.9. The quantitative estimate of drug-likeness (QED) is 0.0262. The topological polar surface area (TPSA) is 78.9 Å². The zero-order valence-corrected chi connectivity index (χ0v) is 45.8. The fourth-order valence-corrected chi connectivity index (χ4v) is 8.59. The van der Waals surface area contributed by atoms with Crippen LogP contribution < -0.4 is 0 Å². The normalized spacial score (nSPS) is 12.4. The molecule has 6 heteroatoms. The van der Waals surface area contributed by atoms with Gasteiger partial charge in [-0.2, -0.15) is 0 Å². The maximum atomic E-state index is 12.9. The minimum Gasteiger partial charge on any atom is -0.462 e. The van der Waals surface area contributed by atoms with Gasteiger partial charge in [0.15, 0.2) is 6.10 Å². The summed E-state index contributed by atoms with van der Waals surface area (Å²) in [5, 5.41) is 0. The highest BCUT2D eigenvalue weighted by atomic mass is 16.6. The van der Waals surface area contributed by atoms with Crippen molar-refractivity contribution in [1.29, 1.82) is 0 Å². The Balaban J connectivity index is 4.40. The second-order valence-corrected chi connectivity index (χ2v) is 19.9. The van der Waals surface area contributed by atoms with E-state index in [-0.39, 0.29) is 31.1 Å². The molecular weight excluding hydrogens is 853 g/mol. The van der Waals surface area contributed by atoms with Gasteiger partial charge in [-0.15, -0.1) is 0 Å². The fourth-order valence-electron chi connectivity index (χ4n) is 8.59. The highest BCUT2D eigenvalue weighted by molar-refractivity contribution is 5.71. The lowest BCUT2D eigenvalue weighted by atomic mass is 10.0. The van der Waals surface area contributed by atoms with Gasteiger partial charge in [0, 0.05) is 19.3 Å². The van der Waals surface area contributed by atoms with Gasteiger partial charge in [0.2, 0.25) is 0 Å². The summed E-state index contributed by atoms with van der Waals surface area (Å²) >= 11 is 0. The third-order valence-corrected chi connectivity index (χ3v) is 13.0. The first-order valence-corrected chi connectivity index (χ1v) is 29.8. The second kappa shape index (κ2) is 57.7. The van der Waals surface area contributed by atoms with Crippen LogP contribution in [0.25, 0.3) is 0 Å². The van der Waals surface area contributed by atoms with E-state index in [1.807, 2.05) is 0 Å². The maximum absolute atomic E-state index is 12.9. The van der Waals surface area contributed by atoms with Crippen molar-refractivity contribution in [3.05, 3.63) is 60.8 Å². The van der Waals surface area contributed by atoms with E-state index in [9.17, 15) is 14.4 Å². The first-order chi connectivity index (χ1) is 34.0. The Labute approximate surface area is 428 Å². The van der Waals surface area contributed by atoms with Crippen LogP contribution in [0.5, 0.6) is 0 Å². The third kappa shape index (κ3) is 55.9. The summed E-state index contributed by atoms with van der Waals surface area (Å²) in [7, 11) is 0. The monoisotopic (exact) mass is 965 g/mol. The molecule has 0 aromatic carbocycles. The van der Waals surface area contributed by atoms with Gasteiger partial charge in [-0.1, -0.05) is 281 Å². The predicted octanol–water partition coefficient (Wildman–Crippen LogP) is 20.0. The van der Waals surface area contributed by atoms with Gasteiger partial charge >= 0.3 is 17.9 Å². The average Bonchev–Trinajstić information content (AvgIpc) is 3.35. The number of unbranched alkanes of at least 4 members (excludes halogenated alkanes) is 33. The van der Waals surface area contributed by atoms with Gasteiger partial charge in [0.25, 0.3) is 0 Å². The van der Waals surface area contributed by atoms with Crippen molar-refractivity contribution < 1.29 is 28.6 Å². The summed E-state index contributed by atoms with van der Waals surface area (Å²) in [6, 6.07) is 0. The molecule has 0 saturated carbocycles. The summed E-state index contributed by atoms with van der Waals surface area (Å²) in [6.07, 6.45) is 72.1. The molecule has 69 heavy (non-hydrogen) atoms. The Morgan fingerprint density at radius 1 is 0.304 bits per heavy atom. The first-order valence-electron chi connectivity index (χ1n) is 29.8. The number of ether oxygens (including phenoxy) is 3. The molecular formula is C63H112O6. The van der Waals surface area contributed by atoms with Gasteiger partial charge in [-0.05, 0) is 64.2 Å². The van der Waals surface area contributed by atoms with Crippen LogP contribution >= 0.6 is 0 Å². The van der Waals surface area contributed by atoms with Crippen LogP contribution in [0.2, 0.25) is 0 Å². The number of carbonyl (C=O) groups excluding carboxylic acids is 3. The third-order valence-electron chi connectivity index (χ3n) is 13.0. The molecule has 0 N–H and O–H groups in total. The van der Waals surface area contributed by atoms with Gasteiger partial charge in [0.05, 0.1) is 0 Å². The van der Waals surface area contributed by atoms with Gasteiger partial charge in [0.1, 0.15) is 13.2 Å². The molecule has 1 unspecified atom stereocenters. The maximum Gasteiger partial charge on any atom is 0.306 e. The average molecular weight is 966 g/mol. The van der Waals surface area contributed by atoms with Crippen molar-refractivity contribution in [1.82, 2.24) is 0 Å². The molecule has 0 aromatic rings. The Kier molecular flexibility index (Phi) is 55.3. The number of carbonyl (C=O) groups is 3. The van der Waals surface area contributed by atoms with E-state index in [0.717, 1.165) is 96.3 Å². The minimum absolute atomic E-state index is 0.0805. The van der Waals surface area contributed by atoms with Gasteiger partial charge in [-0.25, -0.2) is 0 Å². The summed E-state index contributed by atoms with van der Waals surface area (Å²) in [6.45, 7) is 6.54. The standard InChI is InChI=1S/C63H112O6/c1-4-7-10-13-16-19-22-25-28-30-31-33-35-38-41-44-47-50-53-56-62(65)68-59-60(58-67-61(64)55-52-49-46-43-40-37-34-27-24-21-18-15-12-9-6-3)69-63(66)57-54-51-48-45-42-39-36-32-29-26-23-20-17-14-11-8-5-2/h7,10,16,19,25,28,31,33,38,41,60H,4-6,8-9,11-15,17-18,20-24,26-27,29-30,32,34-37,39-40,42-59H2,1-3H3/b10-7-,19-16-,28-25-,33-31-,41-38-. The Hall–Kier alpha value is -2.89. The van der Waals surface area contributed by atoms with Crippen molar-refractivity contribution in [3.63, 3.8) is 0 Å². The van der Waals surface area contributed by atoms with Crippen LogP contribution in [0.3, 0.4) is 0 Å². The van der Waals surface area contributed by atoms with E-state index in [2.05, 4.69) is 81.5 Å². The van der Waals surface area contributed by atoms with E-state index in [4.69, 9.17) is 14.2 Å². The van der Waals surface area contributed by atoms with Crippen LogP contribution in [-0.2, 0) is 28.6 Å². The van der Waals surface area contributed by atoms with Gasteiger partial charge < -0.3 is 14.2 Å². The summed E-state index contributed by atoms with van der Waals surface area (Å²) in [5.74, 6) is -0.897. The van der Waals surface area contributed by atoms with Crippen LogP contribution in [0.15, 0.2) is 60.8 Å². The number of hydrogen-bond acceptors (Lipinski definition) is 6. The molecule has 0 aliphatic rings. The smallest absolute Gasteiger partial charge is 0.306 e. The number of hydrogen-bond donors (Lipinski definition) is 0. The Bertz CT molecular complexity index is 1250. The Morgan fingerprint density at radius 3 is 0.884 bits per heavy atom. The SMILES string of the molecule is CC/C=C\C/C=C\C/C=C\C/C=C\C/C=C\CCCCCC(=O)OCC(COC(=O)CCCCCCCCCCCCCCCCC)OC(=O)CCCCCCCCCCCCCCCCCCC. The molecule has 0 fully saturated rings. The lowest BCUT2D eigenvalue weighted by Gasteiger charge is -2.18. The molecule has 1 atom stereocenters. The molecule has 6 nitrogen and oxygen atoms in total. The first kappa shape index (κ1) is 66.1. The molecule has 0 radical (unpaired) electrons. The van der Waals surface area contributed by atoms with Crippen LogP contribution in [0.4, 0.5) is 0 Å². The van der Waals surface area contributed by atoms with E-state index < -0.39 is 6.10 Å². The van der Waals surface area contributed by atoms with Crippen molar-refractivity contribution in [2.45, 2.75) is 309 Å². The van der Waals surface area contributed by atoms with Crippen molar-refractivity contribution in [2.75, 3.05) is 13.2 Å².